The molecule has 5 nitrogen and oxygen atoms in total. The summed E-state index contributed by atoms with van der Waals surface area (Å²) < 4.78 is 0. The van der Waals surface area contributed by atoms with Crippen LogP contribution in [0.5, 0.6) is 0 Å². The summed E-state index contributed by atoms with van der Waals surface area (Å²) in [6, 6.07) is 7.84. The molecule has 0 aliphatic heterocycles. The van der Waals surface area contributed by atoms with Crippen LogP contribution in [-0.4, -0.2) is 25.0 Å². The van der Waals surface area contributed by atoms with Gasteiger partial charge in [-0.15, -0.1) is 0 Å². The Bertz CT molecular complexity index is 594. The Kier molecular flexibility index (Phi) is 7.49. The summed E-state index contributed by atoms with van der Waals surface area (Å²) in [6.07, 6.45) is 1.66. The zero-order valence-electron chi connectivity index (χ0n) is 15.2. The predicted molar refractivity (Wildman–Crippen MR) is 98.6 cm³/mol. The molecular weight excluding hydrogens is 302 g/mol. The SMILES string of the molecule is C=C(C)c1cccc(C(C)(C)NC(=O)NCCCCNC(C)=O)c1. The van der Waals surface area contributed by atoms with Gasteiger partial charge in [-0.3, -0.25) is 4.79 Å². The first-order valence-corrected chi connectivity index (χ1v) is 8.29. The maximum atomic E-state index is 12.1. The number of carbonyl (C=O) groups excluding carboxylic acids is 2. The second-order valence-electron chi connectivity index (χ2n) is 6.56. The maximum absolute atomic E-state index is 12.1. The smallest absolute Gasteiger partial charge is 0.315 e. The van der Waals surface area contributed by atoms with Crippen molar-refractivity contribution in [2.24, 2.45) is 0 Å². The molecule has 0 radical (unpaired) electrons. The van der Waals surface area contributed by atoms with Gasteiger partial charge in [0.1, 0.15) is 0 Å². The summed E-state index contributed by atoms with van der Waals surface area (Å²) in [5.74, 6) is -0.0283. The van der Waals surface area contributed by atoms with Crippen molar-refractivity contribution in [2.75, 3.05) is 13.1 Å². The van der Waals surface area contributed by atoms with E-state index < -0.39 is 5.54 Å². The molecule has 132 valence electrons. The number of benzene rings is 1. The van der Waals surface area contributed by atoms with Crippen LogP contribution < -0.4 is 16.0 Å². The van der Waals surface area contributed by atoms with Crippen LogP contribution in [-0.2, 0) is 10.3 Å². The van der Waals surface area contributed by atoms with Crippen molar-refractivity contribution in [1.29, 1.82) is 0 Å². The van der Waals surface area contributed by atoms with Crippen molar-refractivity contribution >= 4 is 17.5 Å². The Labute approximate surface area is 144 Å². The van der Waals surface area contributed by atoms with E-state index in [2.05, 4.69) is 28.6 Å². The van der Waals surface area contributed by atoms with Crippen LogP contribution >= 0.6 is 0 Å². The number of urea groups is 1. The lowest BCUT2D eigenvalue weighted by Crippen LogP contribution is -2.46. The molecule has 0 saturated carbocycles. The molecule has 0 fully saturated rings. The molecule has 0 spiro atoms. The van der Waals surface area contributed by atoms with Crippen molar-refractivity contribution in [3.63, 3.8) is 0 Å². The number of rotatable bonds is 8. The Morgan fingerprint density at radius 2 is 1.71 bits per heavy atom. The molecule has 3 amide bonds. The van der Waals surface area contributed by atoms with E-state index in [1.54, 1.807) is 0 Å². The molecule has 0 saturated heterocycles. The van der Waals surface area contributed by atoms with Crippen LogP contribution in [0.15, 0.2) is 30.8 Å². The second-order valence-corrected chi connectivity index (χ2v) is 6.56. The van der Waals surface area contributed by atoms with E-state index in [9.17, 15) is 9.59 Å². The molecule has 24 heavy (non-hydrogen) atoms. The van der Waals surface area contributed by atoms with Crippen LogP contribution in [0.2, 0.25) is 0 Å². The summed E-state index contributed by atoms with van der Waals surface area (Å²) in [5, 5.41) is 8.59. The number of nitrogens with one attached hydrogen (secondary N) is 3. The molecule has 0 unspecified atom stereocenters. The predicted octanol–water partition coefficient (Wildman–Crippen LogP) is 3.17. The largest absolute Gasteiger partial charge is 0.356 e. The Balaban J connectivity index is 2.46. The minimum atomic E-state index is -0.480. The maximum Gasteiger partial charge on any atom is 0.315 e. The van der Waals surface area contributed by atoms with Crippen molar-refractivity contribution in [3.05, 3.63) is 42.0 Å². The van der Waals surface area contributed by atoms with E-state index >= 15 is 0 Å². The van der Waals surface area contributed by atoms with Crippen molar-refractivity contribution in [3.8, 4) is 0 Å². The zero-order chi connectivity index (χ0) is 18.2. The minimum absolute atomic E-state index is 0.0283. The fourth-order valence-electron chi connectivity index (χ4n) is 2.29. The summed E-state index contributed by atoms with van der Waals surface area (Å²) in [7, 11) is 0. The van der Waals surface area contributed by atoms with Gasteiger partial charge in [-0.2, -0.15) is 0 Å². The van der Waals surface area contributed by atoms with Gasteiger partial charge in [0.15, 0.2) is 0 Å². The molecule has 1 aromatic carbocycles. The molecule has 1 rings (SSSR count). The quantitative estimate of drug-likeness (QED) is 0.640. The highest BCUT2D eigenvalue weighted by Gasteiger charge is 2.22. The number of hydrogen-bond acceptors (Lipinski definition) is 2. The highest BCUT2D eigenvalue weighted by molar-refractivity contribution is 5.75. The van der Waals surface area contributed by atoms with E-state index in [0.717, 1.165) is 29.5 Å². The highest BCUT2D eigenvalue weighted by atomic mass is 16.2. The average molecular weight is 331 g/mol. The molecule has 0 aliphatic rings. The summed E-state index contributed by atoms with van der Waals surface area (Å²) in [5.41, 5.74) is 2.62. The van der Waals surface area contributed by atoms with Gasteiger partial charge in [-0.1, -0.05) is 30.4 Å². The Morgan fingerprint density at radius 3 is 2.29 bits per heavy atom. The first-order chi connectivity index (χ1) is 11.2. The van der Waals surface area contributed by atoms with E-state index in [1.165, 1.54) is 6.92 Å². The third kappa shape index (κ3) is 6.86. The van der Waals surface area contributed by atoms with E-state index in [-0.39, 0.29) is 11.9 Å². The van der Waals surface area contributed by atoms with Crippen molar-refractivity contribution in [2.45, 2.75) is 46.1 Å². The van der Waals surface area contributed by atoms with Crippen LogP contribution in [0.4, 0.5) is 4.79 Å². The molecule has 0 aliphatic carbocycles. The van der Waals surface area contributed by atoms with Gasteiger partial charge in [-0.05, 0) is 50.8 Å². The summed E-state index contributed by atoms with van der Waals surface area (Å²) in [6.45, 7) is 12.6. The van der Waals surface area contributed by atoms with Crippen molar-refractivity contribution < 1.29 is 9.59 Å². The fourth-order valence-corrected chi connectivity index (χ4v) is 2.29. The number of allylic oxidation sites excluding steroid dienone is 1. The average Bonchev–Trinajstić information content (AvgIpc) is 2.50. The molecule has 0 aromatic heterocycles. The lowest BCUT2D eigenvalue weighted by atomic mass is 9.92. The van der Waals surface area contributed by atoms with E-state index in [1.807, 2.05) is 39.0 Å². The molecule has 1 aromatic rings. The van der Waals surface area contributed by atoms with E-state index in [0.29, 0.717) is 13.1 Å². The zero-order valence-corrected chi connectivity index (χ0v) is 15.2. The first kappa shape index (κ1) is 19.7. The monoisotopic (exact) mass is 331 g/mol. The summed E-state index contributed by atoms with van der Waals surface area (Å²) >= 11 is 0. The topological polar surface area (TPSA) is 70.2 Å². The number of carbonyl (C=O) groups is 2. The number of hydrogen-bond donors (Lipinski definition) is 3. The fraction of sp³-hybridized carbons (Fsp3) is 0.474. The van der Waals surface area contributed by atoms with Gasteiger partial charge >= 0.3 is 6.03 Å². The lowest BCUT2D eigenvalue weighted by Gasteiger charge is -2.27. The molecule has 0 bridgehead atoms. The molecule has 3 N–H and O–H groups in total. The van der Waals surface area contributed by atoms with Gasteiger partial charge in [0.05, 0.1) is 5.54 Å². The van der Waals surface area contributed by atoms with Gasteiger partial charge in [0.2, 0.25) is 5.91 Å². The van der Waals surface area contributed by atoms with Crippen LogP contribution in [0.25, 0.3) is 5.57 Å². The second kappa shape index (κ2) is 9.11. The van der Waals surface area contributed by atoms with Gasteiger partial charge in [0, 0.05) is 20.0 Å². The first-order valence-electron chi connectivity index (χ1n) is 8.29. The van der Waals surface area contributed by atoms with Gasteiger partial charge in [-0.25, -0.2) is 4.79 Å². The normalized spacial score (nSPS) is 10.8. The van der Waals surface area contributed by atoms with E-state index in [4.69, 9.17) is 0 Å². The summed E-state index contributed by atoms with van der Waals surface area (Å²) in [4.78, 5) is 22.8. The van der Waals surface area contributed by atoms with Crippen molar-refractivity contribution in [1.82, 2.24) is 16.0 Å². The minimum Gasteiger partial charge on any atom is -0.356 e. The Morgan fingerprint density at radius 1 is 1.08 bits per heavy atom. The van der Waals surface area contributed by atoms with Gasteiger partial charge < -0.3 is 16.0 Å². The van der Waals surface area contributed by atoms with Crippen LogP contribution in [0.3, 0.4) is 0 Å². The number of amides is 3. The highest BCUT2D eigenvalue weighted by Crippen LogP contribution is 2.23. The third-order valence-electron chi connectivity index (χ3n) is 3.77. The molecule has 5 heteroatoms. The van der Waals surface area contributed by atoms with Gasteiger partial charge in [0.25, 0.3) is 0 Å². The van der Waals surface area contributed by atoms with Crippen LogP contribution in [0, 0.1) is 0 Å². The van der Waals surface area contributed by atoms with Crippen LogP contribution in [0.1, 0.15) is 51.7 Å². The third-order valence-corrected chi connectivity index (χ3v) is 3.77. The lowest BCUT2D eigenvalue weighted by molar-refractivity contribution is -0.118. The standard InChI is InChI=1S/C19H29N3O2/c1-14(2)16-9-8-10-17(13-16)19(4,5)22-18(24)21-12-7-6-11-20-15(3)23/h8-10,13H,1,6-7,11-12H2,2-5H3,(H,20,23)(H2,21,22,24). The number of unbranched alkanes of at least 4 members (excludes halogenated alkanes) is 1. The molecule has 0 atom stereocenters. The molecular formula is C19H29N3O2. The Hall–Kier alpha value is -2.30. The molecule has 0 heterocycles.